The van der Waals surface area contributed by atoms with E-state index in [1.54, 1.807) is 0 Å². The Bertz CT molecular complexity index is 904. The minimum atomic E-state index is 0.0470. The number of carbonyl (C=O) groups is 1. The van der Waals surface area contributed by atoms with Crippen LogP contribution in [-0.4, -0.2) is 40.2 Å². The summed E-state index contributed by atoms with van der Waals surface area (Å²) < 4.78 is 1.90. The lowest BCUT2D eigenvalue weighted by atomic mass is 9.97. The van der Waals surface area contributed by atoms with E-state index in [0.717, 1.165) is 42.3 Å². The Kier molecular flexibility index (Phi) is 5.88. The van der Waals surface area contributed by atoms with Crippen LogP contribution in [0.15, 0.2) is 54.0 Å². The molecular formula is C22H26N4OS. The zero-order valence-electron chi connectivity index (χ0n) is 16.2. The molecule has 146 valence electrons. The number of carbonyl (C=O) groups excluding carboxylic acids is 1. The third-order valence-electron chi connectivity index (χ3n) is 5.25. The third-order valence-corrected chi connectivity index (χ3v) is 6.11. The second-order valence-corrected chi connectivity index (χ2v) is 8.42. The van der Waals surface area contributed by atoms with Gasteiger partial charge in [0.25, 0.3) is 5.91 Å². The average Bonchev–Trinajstić information content (AvgIpc) is 3.37. The number of benzene rings is 1. The molecule has 6 heteroatoms. The van der Waals surface area contributed by atoms with Crippen molar-refractivity contribution < 1.29 is 4.79 Å². The lowest BCUT2D eigenvalue weighted by molar-refractivity contribution is 0.0934. The molecule has 0 spiro atoms. The van der Waals surface area contributed by atoms with Crippen LogP contribution in [0.25, 0.3) is 11.3 Å². The van der Waals surface area contributed by atoms with E-state index < -0.39 is 0 Å². The first kappa shape index (κ1) is 18.9. The molecule has 2 aromatic heterocycles. The minimum absolute atomic E-state index is 0.0470. The molecule has 28 heavy (non-hydrogen) atoms. The van der Waals surface area contributed by atoms with Crippen molar-refractivity contribution in [2.24, 2.45) is 13.0 Å². The molecule has 3 aromatic rings. The predicted molar refractivity (Wildman–Crippen MR) is 113 cm³/mol. The SMILES string of the molecule is Cn1cc(CN2CCC[C@H](CNC(=O)c3cccs3)C2)c(-c2ccccc2)n1. The Morgan fingerprint density at radius 2 is 2.11 bits per heavy atom. The molecule has 5 nitrogen and oxygen atoms in total. The molecule has 0 bridgehead atoms. The number of aromatic nitrogens is 2. The second-order valence-electron chi connectivity index (χ2n) is 7.47. The zero-order chi connectivity index (χ0) is 19.3. The van der Waals surface area contributed by atoms with Crippen LogP contribution < -0.4 is 5.32 Å². The maximum Gasteiger partial charge on any atom is 0.261 e. The lowest BCUT2D eigenvalue weighted by Crippen LogP contribution is -2.40. The van der Waals surface area contributed by atoms with E-state index in [1.807, 2.05) is 35.3 Å². The molecule has 1 atom stereocenters. The van der Waals surface area contributed by atoms with Gasteiger partial charge in [0.1, 0.15) is 0 Å². The van der Waals surface area contributed by atoms with Crippen molar-refractivity contribution in [2.45, 2.75) is 19.4 Å². The second kappa shape index (κ2) is 8.71. The van der Waals surface area contributed by atoms with E-state index in [2.05, 4.69) is 45.8 Å². The summed E-state index contributed by atoms with van der Waals surface area (Å²) in [5.41, 5.74) is 3.49. The average molecular weight is 395 g/mol. The molecule has 1 amide bonds. The molecular weight excluding hydrogens is 368 g/mol. The number of amides is 1. The van der Waals surface area contributed by atoms with E-state index >= 15 is 0 Å². The number of piperidine rings is 1. The van der Waals surface area contributed by atoms with Crippen LogP contribution >= 0.6 is 11.3 Å². The van der Waals surface area contributed by atoms with Gasteiger partial charge in [0.05, 0.1) is 10.6 Å². The summed E-state index contributed by atoms with van der Waals surface area (Å²) >= 11 is 1.49. The first-order chi connectivity index (χ1) is 13.7. The standard InChI is InChI=1S/C22H26N4OS/c1-25-15-19(21(24-25)18-8-3-2-4-9-18)16-26-11-5-7-17(14-26)13-23-22(27)20-10-6-12-28-20/h2-4,6,8-10,12,15,17H,5,7,11,13-14,16H2,1H3,(H,23,27)/t17-/m1/s1. The number of nitrogens with one attached hydrogen (secondary N) is 1. The van der Waals surface area contributed by atoms with Crippen molar-refractivity contribution in [3.05, 3.63) is 64.5 Å². The van der Waals surface area contributed by atoms with Gasteiger partial charge in [-0.15, -0.1) is 11.3 Å². The van der Waals surface area contributed by atoms with E-state index in [1.165, 1.54) is 29.7 Å². The van der Waals surface area contributed by atoms with Gasteiger partial charge in [-0.1, -0.05) is 36.4 Å². The highest BCUT2D eigenvalue weighted by atomic mass is 32.1. The van der Waals surface area contributed by atoms with E-state index in [0.29, 0.717) is 5.92 Å². The van der Waals surface area contributed by atoms with Gasteiger partial charge in [-0.05, 0) is 36.8 Å². The molecule has 0 saturated carbocycles. The summed E-state index contributed by atoms with van der Waals surface area (Å²) in [6.45, 7) is 3.74. The van der Waals surface area contributed by atoms with Crippen molar-refractivity contribution in [1.82, 2.24) is 20.0 Å². The lowest BCUT2D eigenvalue weighted by Gasteiger charge is -2.32. The fraction of sp³-hybridized carbons (Fsp3) is 0.364. The van der Waals surface area contributed by atoms with Crippen LogP contribution in [0.5, 0.6) is 0 Å². The maximum atomic E-state index is 12.2. The van der Waals surface area contributed by atoms with Gasteiger partial charge in [0.2, 0.25) is 0 Å². The molecule has 1 aromatic carbocycles. The van der Waals surface area contributed by atoms with Gasteiger partial charge in [0, 0.05) is 44.0 Å². The fourth-order valence-electron chi connectivity index (χ4n) is 3.93. The molecule has 0 unspecified atom stereocenters. The summed E-state index contributed by atoms with van der Waals surface area (Å²) in [4.78, 5) is 15.5. The summed E-state index contributed by atoms with van der Waals surface area (Å²) in [5.74, 6) is 0.542. The van der Waals surface area contributed by atoms with Gasteiger partial charge in [-0.2, -0.15) is 5.10 Å². The quantitative estimate of drug-likeness (QED) is 0.692. The predicted octanol–water partition coefficient (Wildman–Crippen LogP) is 3.79. The van der Waals surface area contributed by atoms with Gasteiger partial charge in [0.15, 0.2) is 0 Å². The number of likely N-dealkylation sites (tertiary alicyclic amines) is 1. The van der Waals surface area contributed by atoms with Crippen LogP contribution in [0.1, 0.15) is 28.1 Å². The Balaban J connectivity index is 1.37. The molecule has 4 rings (SSSR count). The van der Waals surface area contributed by atoms with Crippen LogP contribution in [0.4, 0.5) is 0 Å². The third kappa shape index (κ3) is 4.51. The topological polar surface area (TPSA) is 50.2 Å². The number of rotatable bonds is 6. The molecule has 3 heterocycles. The largest absolute Gasteiger partial charge is 0.351 e. The highest BCUT2D eigenvalue weighted by Gasteiger charge is 2.22. The number of hydrogen-bond acceptors (Lipinski definition) is 4. The highest BCUT2D eigenvalue weighted by molar-refractivity contribution is 7.12. The zero-order valence-corrected chi connectivity index (χ0v) is 17.0. The van der Waals surface area contributed by atoms with E-state index in [4.69, 9.17) is 0 Å². The Morgan fingerprint density at radius 3 is 2.89 bits per heavy atom. The Morgan fingerprint density at radius 1 is 1.25 bits per heavy atom. The summed E-state index contributed by atoms with van der Waals surface area (Å²) in [7, 11) is 1.98. The monoisotopic (exact) mass is 394 g/mol. The smallest absolute Gasteiger partial charge is 0.261 e. The first-order valence-corrected chi connectivity index (χ1v) is 10.7. The Hall–Kier alpha value is -2.44. The van der Waals surface area contributed by atoms with Gasteiger partial charge < -0.3 is 5.32 Å². The summed E-state index contributed by atoms with van der Waals surface area (Å²) in [6, 6.07) is 14.2. The van der Waals surface area contributed by atoms with Crippen molar-refractivity contribution in [3.8, 4) is 11.3 Å². The van der Waals surface area contributed by atoms with Crippen LogP contribution in [0.2, 0.25) is 0 Å². The molecule has 1 fully saturated rings. The molecule has 0 aliphatic carbocycles. The van der Waals surface area contributed by atoms with E-state index in [-0.39, 0.29) is 5.91 Å². The van der Waals surface area contributed by atoms with Gasteiger partial charge in [-0.25, -0.2) is 0 Å². The summed E-state index contributed by atoms with van der Waals surface area (Å²) in [5, 5.41) is 9.74. The Labute approximate surface area is 170 Å². The minimum Gasteiger partial charge on any atom is -0.351 e. The number of aryl methyl sites for hydroxylation is 1. The van der Waals surface area contributed by atoms with Crippen LogP contribution in [0, 0.1) is 5.92 Å². The van der Waals surface area contributed by atoms with Gasteiger partial charge >= 0.3 is 0 Å². The highest BCUT2D eigenvalue weighted by Crippen LogP contribution is 2.25. The van der Waals surface area contributed by atoms with Crippen LogP contribution in [0.3, 0.4) is 0 Å². The molecule has 0 radical (unpaired) electrons. The summed E-state index contributed by atoms with van der Waals surface area (Å²) in [6.07, 6.45) is 4.46. The number of nitrogens with zero attached hydrogens (tertiary/aromatic N) is 3. The normalized spacial score (nSPS) is 17.5. The fourth-order valence-corrected chi connectivity index (χ4v) is 4.57. The van der Waals surface area contributed by atoms with Crippen LogP contribution in [-0.2, 0) is 13.6 Å². The number of hydrogen-bond donors (Lipinski definition) is 1. The number of thiophene rings is 1. The van der Waals surface area contributed by atoms with Crippen molar-refractivity contribution >= 4 is 17.2 Å². The van der Waals surface area contributed by atoms with E-state index in [9.17, 15) is 4.79 Å². The van der Waals surface area contributed by atoms with Crippen molar-refractivity contribution in [3.63, 3.8) is 0 Å². The molecule has 1 aliphatic rings. The molecule has 1 aliphatic heterocycles. The molecule has 1 N–H and O–H groups in total. The van der Waals surface area contributed by atoms with Crippen molar-refractivity contribution in [2.75, 3.05) is 19.6 Å². The van der Waals surface area contributed by atoms with Gasteiger partial charge in [-0.3, -0.25) is 14.4 Å². The molecule has 1 saturated heterocycles. The van der Waals surface area contributed by atoms with Crippen molar-refractivity contribution in [1.29, 1.82) is 0 Å². The maximum absolute atomic E-state index is 12.2. The first-order valence-electron chi connectivity index (χ1n) is 9.81.